The molecule has 1 rings (SSSR count). The maximum absolute atomic E-state index is 11.8. The first-order valence-electron chi connectivity index (χ1n) is 8.25. The Kier molecular flexibility index (Phi) is 6.09. The van der Waals surface area contributed by atoms with E-state index < -0.39 is 5.60 Å². The van der Waals surface area contributed by atoms with E-state index >= 15 is 0 Å². The van der Waals surface area contributed by atoms with Gasteiger partial charge in [0.25, 0.3) is 0 Å². The molecule has 124 valence electrons. The van der Waals surface area contributed by atoms with Crippen LogP contribution in [0, 0.1) is 11.3 Å². The van der Waals surface area contributed by atoms with Crippen LogP contribution in [0.25, 0.3) is 0 Å². The molecule has 1 saturated carbocycles. The molecule has 0 aromatic carbocycles. The van der Waals surface area contributed by atoms with Gasteiger partial charge in [-0.1, -0.05) is 27.7 Å². The minimum atomic E-state index is -0.445. The van der Waals surface area contributed by atoms with Crippen LogP contribution in [0.3, 0.4) is 0 Å². The Morgan fingerprint density at radius 3 is 2.38 bits per heavy atom. The van der Waals surface area contributed by atoms with Crippen molar-refractivity contribution in [2.75, 3.05) is 6.54 Å². The minimum Gasteiger partial charge on any atom is -0.444 e. The quantitative estimate of drug-likeness (QED) is 0.813. The lowest BCUT2D eigenvalue weighted by molar-refractivity contribution is 0.0501. The minimum absolute atomic E-state index is 0.121. The van der Waals surface area contributed by atoms with Crippen molar-refractivity contribution >= 4 is 6.09 Å². The van der Waals surface area contributed by atoms with Gasteiger partial charge in [-0.15, -0.1) is 0 Å². The summed E-state index contributed by atoms with van der Waals surface area (Å²) >= 11 is 0. The smallest absolute Gasteiger partial charge is 0.407 e. The van der Waals surface area contributed by atoms with Crippen LogP contribution in [0.4, 0.5) is 4.79 Å². The van der Waals surface area contributed by atoms with Crippen molar-refractivity contribution < 1.29 is 9.53 Å². The van der Waals surface area contributed by atoms with Crippen LogP contribution in [0.15, 0.2) is 0 Å². The molecule has 0 aromatic rings. The first-order chi connectivity index (χ1) is 9.52. The fourth-order valence-electron chi connectivity index (χ4n) is 3.23. The van der Waals surface area contributed by atoms with Crippen molar-refractivity contribution in [2.24, 2.45) is 11.3 Å². The molecule has 4 nitrogen and oxygen atoms in total. The van der Waals surface area contributed by atoms with E-state index in [9.17, 15) is 4.79 Å². The molecule has 0 spiro atoms. The summed E-state index contributed by atoms with van der Waals surface area (Å²) in [5.41, 5.74) is -0.0167. The van der Waals surface area contributed by atoms with Gasteiger partial charge < -0.3 is 15.4 Å². The van der Waals surface area contributed by atoms with E-state index in [1.165, 1.54) is 12.8 Å². The second-order valence-corrected chi connectivity index (χ2v) is 8.32. The van der Waals surface area contributed by atoms with Crippen molar-refractivity contribution in [3.05, 3.63) is 0 Å². The standard InChI is InChI=1S/C17H34N2O2/c1-8-13(19-15(20)21-16(3,4)5)11-18-14-10-17(6,7)9-12(14)2/h12-14,18H,8-11H2,1-7H3,(H,19,20). The summed E-state index contributed by atoms with van der Waals surface area (Å²) < 4.78 is 5.32. The molecule has 1 aliphatic rings. The molecule has 0 heterocycles. The molecule has 2 N–H and O–H groups in total. The molecule has 0 bridgehead atoms. The molecule has 0 aromatic heterocycles. The Bertz CT molecular complexity index is 347. The van der Waals surface area contributed by atoms with E-state index in [4.69, 9.17) is 4.74 Å². The largest absolute Gasteiger partial charge is 0.444 e. The lowest BCUT2D eigenvalue weighted by Crippen LogP contribution is -2.46. The number of hydrogen-bond acceptors (Lipinski definition) is 3. The fraction of sp³-hybridized carbons (Fsp3) is 0.941. The summed E-state index contributed by atoms with van der Waals surface area (Å²) in [6.07, 6.45) is 3.05. The number of amides is 1. The zero-order valence-electron chi connectivity index (χ0n) is 14.9. The van der Waals surface area contributed by atoms with Gasteiger partial charge in [-0.3, -0.25) is 0 Å². The van der Waals surface area contributed by atoms with Gasteiger partial charge in [0.1, 0.15) is 5.60 Å². The molecule has 3 atom stereocenters. The summed E-state index contributed by atoms with van der Waals surface area (Å²) in [6, 6.07) is 0.672. The highest BCUT2D eigenvalue weighted by atomic mass is 16.6. The van der Waals surface area contributed by atoms with E-state index in [0.717, 1.165) is 13.0 Å². The fourth-order valence-corrected chi connectivity index (χ4v) is 3.23. The molecule has 1 fully saturated rings. The maximum atomic E-state index is 11.8. The average molecular weight is 298 g/mol. The third-order valence-electron chi connectivity index (χ3n) is 4.17. The van der Waals surface area contributed by atoms with Gasteiger partial charge in [0.05, 0.1) is 0 Å². The molecule has 0 aliphatic heterocycles. The number of alkyl carbamates (subject to hydrolysis) is 1. The lowest BCUT2D eigenvalue weighted by Gasteiger charge is -2.25. The highest BCUT2D eigenvalue weighted by Gasteiger charge is 2.36. The van der Waals surface area contributed by atoms with Gasteiger partial charge in [-0.05, 0) is 51.4 Å². The molecule has 1 amide bonds. The van der Waals surface area contributed by atoms with Gasteiger partial charge >= 0.3 is 6.09 Å². The number of carbonyl (C=O) groups is 1. The number of carbonyl (C=O) groups excluding carboxylic acids is 1. The molecule has 4 heteroatoms. The van der Waals surface area contributed by atoms with Gasteiger partial charge in [0, 0.05) is 18.6 Å². The van der Waals surface area contributed by atoms with E-state index in [1.807, 2.05) is 20.8 Å². The van der Waals surface area contributed by atoms with Crippen molar-refractivity contribution in [2.45, 2.75) is 85.4 Å². The van der Waals surface area contributed by atoms with Crippen molar-refractivity contribution in [3.63, 3.8) is 0 Å². The second kappa shape index (κ2) is 6.99. The lowest BCUT2D eigenvalue weighted by atomic mass is 9.91. The highest BCUT2D eigenvalue weighted by Crippen LogP contribution is 2.40. The Morgan fingerprint density at radius 2 is 1.95 bits per heavy atom. The number of rotatable bonds is 5. The maximum Gasteiger partial charge on any atom is 0.407 e. The first-order valence-corrected chi connectivity index (χ1v) is 8.25. The summed E-state index contributed by atoms with van der Waals surface area (Å²) in [7, 11) is 0. The summed E-state index contributed by atoms with van der Waals surface area (Å²) in [4.78, 5) is 11.8. The predicted molar refractivity (Wildman–Crippen MR) is 87.4 cm³/mol. The third kappa shape index (κ3) is 6.68. The SMILES string of the molecule is CCC(CNC1CC(C)(C)CC1C)NC(=O)OC(C)(C)C. The van der Waals surface area contributed by atoms with Gasteiger partial charge in [-0.2, -0.15) is 0 Å². The third-order valence-corrected chi connectivity index (χ3v) is 4.17. The summed E-state index contributed by atoms with van der Waals surface area (Å²) in [5, 5.41) is 6.60. The molecule has 3 unspecified atom stereocenters. The Morgan fingerprint density at radius 1 is 1.33 bits per heavy atom. The number of hydrogen-bond donors (Lipinski definition) is 2. The molecular weight excluding hydrogens is 264 g/mol. The van der Waals surface area contributed by atoms with E-state index in [2.05, 4.69) is 38.3 Å². The van der Waals surface area contributed by atoms with Crippen LogP contribution >= 0.6 is 0 Å². The van der Waals surface area contributed by atoms with E-state index in [-0.39, 0.29) is 12.1 Å². The van der Waals surface area contributed by atoms with Crippen LogP contribution < -0.4 is 10.6 Å². The summed E-state index contributed by atoms with van der Waals surface area (Å²) in [6.45, 7) is 15.5. The molecule has 21 heavy (non-hydrogen) atoms. The van der Waals surface area contributed by atoms with Crippen molar-refractivity contribution in [1.82, 2.24) is 10.6 Å². The normalized spacial score (nSPS) is 26.4. The predicted octanol–water partition coefficient (Wildman–Crippen LogP) is 3.70. The summed E-state index contributed by atoms with van der Waals surface area (Å²) in [5.74, 6) is 0.694. The zero-order valence-corrected chi connectivity index (χ0v) is 14.9. The number of ether oxygens (including phenoxy) is 1. The topological polar surface area (TPSA) is 50.4 Å². The van der Waals surface area contributed by atoms with Crippen molar-refractivity contribution in [3.8, 4) is 0 Å². The van der Waals surface area contributed by atoms with Crippen LogP contribution in [-0.4, -0.2) is 30.3 Å². The number of nitrogens with one attached hydrogen (secondary N) is 2. The molecule has 1 aliphatic carbocycles. The Hall–Kier alpha value is -0.770. The van der Waals surface area contributed by atoms with Gasteiger partial charge in [-0.25, -0.2) is 4.79 Å². The van der Waals surface area contributed by atoms with Gasteiger partial charge in [0.2, 0.25) is 0 Å². The van der Waals surface area contributed by atoms with Crippen LogP contribution in [0.2, 0.25) is 0 Å². The highest BCUT2D eigenvalue weighted by molar-refractivity contribution is 5.68. The Labute approximate surface area is 130 Å². The average Bonchev–Trinajstić information content (AvgIpc) is 2.55. The Balaban J connectivity index is 2.40. The first kappa shape index (κ1) is 18.3. The van der Waals surface area contributed by atoms with Crippen LogP contribution in [-0.2, 0) is 4.74 Å². The monoisotopic (exact) mass is 298 g/mol. The zero-order chi connectivity index (χ0) is 16.3. The second-order valence-electron chi connectivity index (χ2n) is 8.32. The van der Waals surface area contributed by atoms with Crippen LogP contribution in [0.1, 0.15) is 67.7 Å². The molecular formula is C17H34N2O2. The molecule has 0 saturated heterocycles. The van der Waals surface area contributed by atoms with Crippen LogP contribution in [0.5, 0.6) is 0 Å². The van der Waals surface area contributed by atoms with Gasteiger partial charge in [0.15, 0.2) is 0 Å². The molecule has 0 radical (unpaired) electrons. The van der Waals surface area contributed by atoms with E-state index in [0.29, 0.717) is 17.4 Å². The van der Waals surface area contributed by atoms with E-state index in [1.54, 1.807) is 0 Å². The van der Waals surface area contributed by atoms with Crippen molar-refractivity contribution in [1.29, 1.82) is 0 Å².